The second-order valence-corrected chi connectivity index (χ2v) is 5.27. The highest BCUT2D eigenvalue weighted by Gasteiger charge is 2.30. The van der Waals surface area contributed by atoms with Gasteiger partial charge in [-0.1, -0.05) is 12.2 Å². The largest absolute Gasteiger partial charge is 0.479 e. The Morgan fingerprint density at radius 3 is 2.55 bits per heavy atom. The van der Waals surface area contributed by atoms with Gasteiger partial charge >= 0.3 is 5.97 Å². The number of aryl methyl sites for hydroxylation is 2. The first kappa shape index (κ1) is 14.2. The first-order chi connectivity index (χ1) is 10.5. The van der Waals surface area contributed by atoms with E-state index in [0.29, 0.717) is 23.1 Å². The van der Waals surface area contributed by atoms with Gasteiger partial charge in [0, 0.05) is 12.1 Å². The fraction of sp³-hybridized carbons (Fsp3) is 0.250. The molecule has 1 atom stereocenters. The van der Waals surface area contributed by atoms with Crippen molar-refractivity contribution in [3.8, 4) is 0 Å². The molecule has 1 amide bonds. The Morgan fingerprint density at radius 2 is 1.86 bits per heavy atom. The maximum atomic E-state index is 12.5. The van der Waals surface area contributed by atoms with Crippen molar-refractivity contribution in [3.05, 3.63) is 47.3 Å². The summed E-state index contributed by atoms with van der Waals surface area (Å²) in [6, 6.07) is 4.15. The topological polar surface area (TPSA) is 83.4 Å². The molecule has 0 fully saturated rings. The van der Waals surface area contributed by atoms with Crippen molar-refractivity contribution in [3.63, 3.8) is 0 Å². The fourth-order valence-electron chi connectivity index (χ4n) is 2.48. The fourth-order valence-corrected chi connectivity index (χ4v) is 2.48. The van der Waals surface area contributed by atoms with E-state index in [-0.39, 0.29) is 5.91 Å². The number of benzene rings is 1. The summed E-state index contributed by atoms with van der Waals surface area (Å²) >= 11 is 0. The summed E-state index contributed by atoms with van der Waals surface area (Å²) < 4.78 is 0. The number of fused-ring (bicyclic) bond motifs is 1. The molecule has 1 aliphatic rings. The van der Waals surface area contributed by atoms with Crippen LogP contribution in [0.3, 0.4) is 0 Å². The molecule has 3 rings (SSSR count). The number of hydrogen-bond donors (Lipinski definition) is 1. The lowest BCUT2D eigenvalue weighted by Crippen LogP contribution is -2.40. The molecule has 1 N–H and O–H groups in total. The summed E-state index contributed by atoms with van der Waals surface area (Å²) in [5.41, 5.74) is 3.42. The van der Waals surface area contributed by atoms with Crippen LogP contribution in [0, 0.1) is 13.8 Å². The van der Waals surface area contributed by atoms with E-state index in [1.54, 1.807) is 24.3 Å². The third-order valence-electron chi connectivity index (χ3n) is 3.79. The second-order valence-electron chi connectivity index (χ2n) is 5.27. The molecule has 6 nitrogen and oxygen atoms in total. The van der Waals surface area contributed by atoms with E-state index >= 15 is 0 Å². The van der Waals surface area contributed by atoms with Crippen LogP contribution in [0.4, 0.5) is 0 Å². The standard InChI is InChI=1S/C16H15N3O3/c1-9-10(2)18-13-8-11(5-6-12(13)17-9)15(20)19-7-3-4-14(19)16(21)22/h3-6,8,14H,7H2,1-2H3,(H,21,22)/t14-/m1/s1. The van der Waals surface area contributed by atoms with Crippen molar-refractivity contribution in [2.45, 2.75) is 19.9 Å². The van der Waals surface area contributed by atoms with E-state index in [9.17, 15) is 9.59 Å². The van der Waals surface area contributed by atoms with Gasteiger partial charge in [0.15, 0.2) is 0 Å². The minimum atomic E-state index is -1.03. The van der Waals surface area contributed by atoms with Gasteiger partial charge in [-0.25, -0.2) is 14.8 Å². The average Bonchev–Trinajstić information content (AvgIpc) is 2.97. The molecular weight excluding hydrogens is 282 g/mol. The maximum absolute atomic E-state index is 12.5. The normalized spacial score (nSPS) is 17.2. The van der Waals surface area contributed by atoms with Crippen LogP contribution in [-0.2, 0) is 4.79 Å². The molecule has 0 unspecified atom stereocenters. The molecule has 1 aromatic carbocycles. The number of carbonyl (C=O) groups is 2. The van der Waals surface area contributed by atoms with Crippen molar-refractivity contribution in [1.29, 1.82) is 0 Å². The van der Waals surface area contributed by atoms with Gasteiger partial charge in [-0.2, -0.15) is 0 Å². The van der Waals surface area contributed by atoms with Crippen molar-refractivity contribution < 1.29 is 14.7 Å². The molecule has 0 bridgehead atoms. The van der Waals surface area contributed by atoms with Gasteiger partial charge in [0.1, 0.15) is 6.04 Å². The average molecular weight is 297 g/mol. The Bertz CT molecular complexity index is 814. The Hall–Kier alpha value is -2.76. The molecule has 2 heterocycles. The van der Waals surface area contributed by atoms with Crippen LogP contribution >= 0.6 is 0 Å². The summed E-state index contributed by atoms with van der Waals surface area (Å²) in [4.78, 5) is 33.9. The Kier molecular flexibility index (Phi) is 3.36. The minimum Gasteiger partial charge on any atom is -0.479 e. The third kappa shape index (κ3) is 2.32. The van der Waals surface area contributed by atoms with E-state index in [1.807, 2.05) is 13.8 Å². The predicted octanol–water partition coefficient (Wildman–Crippen LogP) is 1.71. The van der Waals surface area contributed by atoms with Crippen LogP contribution < -0.4 is 0 Å². The van der Waals surface area contributed by atoms with Crippen molar-refractivity contribution in [2.75, 3.05) is 6.54 Å². The highest BCUT2D eigenvalue weighted by Crippen LogP contribution is 2.19. The number of carboxylic acid groups (broad SMARTS) is 1. The molecule has 6 heteroatoms. The summed E-state index contributed by atoms with van der Waals surface area (Å²) in [6.07, 6.45) is 3.21. The number of aliphatic carboxylic acids is 1. The SMILES string of the molecule is Cc1nc2ccc(C(=O)N3CC=C[C@@H]3C(=O)O)cc2nc1C. The number of amides is 1. The number of aromatic nitrogens is 2. The number of rotatable bonds is 2. The zero-order valence-corrected chi connectivity index (χ0v) is 12.3. The molecule has 2 aromatic rings. The molecule has 0 spiro atoms. The Labute approximate surface area is 127 Å². The highest BCUT2D eigenvalue weighted by atomic mass is 16.4. The summed E-state index contributed by atoms with van der Waals surface area (Å²) in [5, 5.41) is 9.15. The molecule has 1 aliphatic heterocycles. The summed E-state index contributed by atoms with van der Waals surface area (Å²) in [5.74, 6) is -1.35. The van der Waals surface area contributed by atoms with Crippen LogP contribution in [0.25, 0.3) is 11.0 Å². The quantitative estimate of drug-likeness (QED) is 0.853. The van der Waals surface area contributed by atoms with Gasteiger partial charge in [0.2, 0.25) is 0 Å². The minimum absolute atomic E-state index is 0.298. The summed E-state index contributed by atoms with van der Waals surface area (Å²) in [7, 11) is 0. The zero-order chi connectivity index (χ0) is 15.9. The predicted molar refractivity (Wildman–Crippen MR) is 80.6 cm³/mol. The van der Waals surface area contributed by atoms with Crippen LogP contribution in [0.2, 0.25) is 0 Å². The smallest absolute Gasteiger partial charge is 0.330 e. The van der Waals surface area contributed by atoms with Gasteiger partial charge in [-0.05, 0) is 32.0 Å². The Morgan fingerprint density at radius 1 is 1.18 bits per heavy atom. The number of nitrogens with zero attached hydrogens (tertiary/aromatic N) is 3. The third-order valence-corrected chi connectivity index (χ3v) is 3.79. The molecule has 0 radical (unpaired) electrons. The second kappa shape index (κ2) is 5.22. The van der Waals surface area contributed by atoms with E-state index in [1.165, 1.54) is 11.0 Å². The molecule has 0 aliphatic carbocycles. The lowest BCUT2D eigenvalue weighted by molar-refractivity contribution is -0.140. The Balaban J connectivity index is 1.98. The molecule has 0 saturated heterocycles. The molecule has 112 valence electrons. The van der Waals surface area contributed by atoms with Crippen LogP contribution in [-0.4, -0.2) is 44.4 Å². The molecular formula is C16H15N3O3. The lowest BCUT2D eigenvalue weighted by atomic mass is 10.1. The van der Waals surface area contributed by atoms with E-state index in [4.69, 9.17) is 5.11 Å². The molecule has 22 heavy (non-hydrogen) atoms. The first-order valence-corrected chi connectivity index (χ1v) is 6.93. The van der Waals surface area contributed by atoms with E-state index < -0.39 is 12.0 Å². The van der Waals surface area contributed by atoms with Crippen LogP contribution in [0.5, 0.6) is 0 Å². The molecule has 1 aromatic heterocycles. The molecule has 0 saturated carbocycles. The van der Waals surface area contributed by atoms with Gasteiger partial charge in [-0.3, -0.25) is 4.79 Å². The van der Waals surface area contributed by atoms with Gasteiger partial charge < -0.3 is 10.0 Å². The maximum Gasteiger partial charge on any atom is 0.330 e. The number of hydrogen-bond acceptors (Lipinski definition) is 4. The number of carbonyl (C=O) groups excluding carboxylic acids is 1. The van der Waals surface area contributed by atoms with E-state index in [2.05, 4.69) is 9.97 Å². The van der Waals surface area contributed by atoms with Crippen LogP contribution in [0.1, 0.15) is 21.7 Å². The van der Waals surface area contributed by atoms with Gasteiger partial charge in [-0.15, -0.1) is 0 Å². The summed E-state index contributed by atoms with van der Waals surface area (Å²) in [6.45, 7) is 4.04. The van der Waals surface area contributed by atoms with Crippen molar-refractivity contribution in [1.82, 2.24) is 14.9 Å². The van der Waals surface area contributed by atoms with Gasteiger partial charge in [0.25, 0.3) is 5.91 Å². The van der Waals surface area contributed by atoms with Crippen molar-refractivity contribution in [2.24, 2.45) is 0 Å². The first-order valence-electron chi connectivity index (χ1n) is 6.93. The van der Waals surface area contributed by atoms with E-state index in [0.717, 1.165) is 11.4 Å². The number of carboxylic acids is 1. The van der Waals surface area contributed by atoms with Gasteiger partial charge in [0.05, 0.1) is 22.4 Å². The lowest BCUT2D eigenvalue weighted by Gasteiger charge is -2.21. The highest BCUT2D eigenvalue weighted by molar-refractivity contribution is 6.00. The monoisotopic (exact) mass is 297 g/mol. The van der Waals surface area contributed by atoms with Crippen molar-refractivity contribution >= 4 is 22.9 Å². The zero-order valence-electron chi connectivity index (χ0n) is 12.3. The van der Waals surface area contributed by atoms with Crippen LogP contribution in [0.15, 0.2) is 30.4 Å².